The van der Waals surface area contributed by atoms with Crippen LogP contribution in [0.25, 0.3) is 0 Å². The zero-order chi connectivity index (χ0) is 34.1. The minimum absolute atomic E-state index is 0.0622. The van der Waals surface area contributed by atoms with Crippen molar-refractivity contribution < 1.29 is 22.7 Å². The molecule has 0 fully saturated rings. The molecule has 0 aromatic heterocycles. The van der Waals surface area contributed by atoms with Gasteiger partial charge in [-0.1, -0.05) is 79.2 Å². The Hall–Kier alpha value is -4.63. The molecule has 4 aromatic carbocycles. The zero-order valence-electron chi connectivity index (χ0n) is 28.1. The van der Waals surface area contributed by atoms with Gasteiger partial charge in [0.05, 0.1) is 17.7 Å². The summed E-state index contributed by atoms with van der Waals surface area (Å²) in [7, 11) is -2.62. The number of amides is 2. The van der Waals surface area contributed by atoms with Crippen molar-refractivity contribution in [3.8, 4) is 5.75 Å². The number of carbonyl (C=O) groups is 2. The highest BCUT2D eigenvalue weighted by atomic mass is 32.2. The van der Waals surface area contributed by atoms with Crippen LogP contribution in [0.2, 0.25) is 0 Å². The Morgan fingerprint density at radius 1 is 0.830 bits per heavy atom. The predicted molar refractivity (Wildman–Crippen MR) is 187 cm³/mol. The molecule has 2 amide bonds. The van der Waals surface area contributed by atoms with E-state index in [-0.39, 0.29) is 29.8 Å². The van der Waals surface area contributed by atoms with Crippen molar-refractivity contribution in [2.75, 3.05) is 18.0 Å². The van der Waals surface area contributed by atoms with Gasteiger partial charge in [0.25, 0.3) is 10.0 Å². The van der Waals surface area contributed by atoms with Gasteiger partial charge in [0, 0.05) is 19.0 Å². The maximum absolute atomic E-state index is 14.7. The van der Waals surface area contributed by atoms with Crippen molar-refractivity contribution in [3.05, 3.63) is 125 Å². The van der Waals surface area contributed by atoms with E-state index in [0.717, 1.165) is 22.3 Å². The van der Waals surface area contributed by atoms with Gasteiger partial charge in [0.15, 0.2) is 0 Å². The molecule has 0 heterocycles. The maximum Gasteiger partial charge on any atom is 0.264 e. The van der Waals surface area contributed by atoms with Crippen molar-refractivity contribution in [2.45, 2.75) is 71.0 Å². The Bertz CT molecular complexity index is 1780. The third kappa shape index (κ3) is 9.01. The molecule has 9 heteroatoms. The molecule has 0 bridgehead atoms. The Morgan fingerprint density at radius 3 is 2.15 bits per heavy atom. The van der Waals surface area contributed by atoms with E-state index in [1.165, 1.54) is 9.21 Å². The first-order chi connectivity index (χ1) is 22.4. The quantitative estimate of drug-likeness (QED) is 0.170. The lowest BCUT2D eigenvalue weighted by Crippen LogP contribution is -2.54. The van der Waals surface area contributed by atoms with E-state index < -0.39 is 28.5 Å². The molecule has 4 aromatic rings. The second kappa shape index (κ2) is 15.8. The number of hydrogen-bond acceptors (Lipinski definition) is 5. The molecule has 0 aliphatic rings. The number of aryl methyl sites for hydroxylation is 3. The SMILES string of the molecule is CC[C@H](C)NC(=O)[C@H](Cc1ccccc1)N(Cc1cccc(OC)c1)C(=O)CN(c1cc(C)ccc1C)S(=O)(=O)c1ccc(C)cc1. The van der Waals surface area contributed by atoms with E-state index >= 15 is 0 Å². The lowest BCUT2D eigenvalue weighted by molar-refractivity contribution is -0.140. The number of sulfonamides is 1. The minimum Gasteiger partial charge on any atom is -0.497 e. The van der Waals surface area contributed by atoms with Crippen molar-refractivity contribution in [3.63, 3.8) is 0 Å². The first-order valence-corrected chi connectivity index (χ1v) is 17.3. The lowest BCUT2D eigenvalue weighted by Gasteiger charge is -2.34. The molecule has 47 heavy (non-hydrogen) atoms. The first-order valence-electron chi connectivity index (χ1n) is 15.9. The highest BCUT2D eigenvalue weighted by molar-refractivity contribution is 7.92. The van der Waals surface area contributed by atoms with Crippen molar-refractivity contribution in [1.29, 1.82) is 0 Å². The van der Waals surface area contributed by atoms with Crippen molar-refractivity contribution in [1.82, 2.24) is 10.2 Å². The normalized spacial score (nSPS) is 12.6. The fourth-order valence-corrected chi connectivity index (χ4v) is 6.77. The van der Waals surface area contributed by atoms with E-state index in [1.54, 1.807) is 37.4 Å². The number of methoxy groups -OCH3 is 1. The third-order valence-electron chi connectivity index (χ3n) is 8.28. The molecule has 0 spiro atoms. The standard InChI is InChI=1S/C38H45N3O5S/c1-7-30(5)39-38(43)36(24-31-12-9-8-10-13-31)40(25-32-14-11-15-33(23-32)46-6)37(42)26-41(35-22-28(3)16-19-29(35)4)47(44,45)34-20-17-27(2)18-21-34/h8-23,30,36H,7,24-26H2,1-6H3,(H,39,43)/t30-,36-/m0/s1. The monoisotopic (exact) mass is 655 g/mol. The molecule has 1 N–H and O–H groups in total. The van der Waals surface area contributed by atoms with Crippen LogP contribution in [0.3, 0.4) is 0 Å². The molecule has 0 unspecified atom stereocenters. The topological polar surface area (TPSA) is 96.0 Å². The number of ether oxygens (including phenoxy) is 1. The number of carbonyl (C=O) groups excluding carboxylic acids is 2. The maximum atomic E-state index is 14.7. The van der Waals surface area contributed by atoms with Gasteiger partial charge in [-0.15, -0.1) is 0 Å². The largest absolute Gasteiger partial charge is 0.497 e. The van der Waals surface area contributed by atoms with Crippen LogP contribution < -0.4 is 14.4 Å². The van der Waals surface area contributed by atoms with Crippen molar-refractivity contribution in [2.24, 2.45) is 0 Å². The van der Waals surface area contributed by atoms with Gasteiger partial charge in [-0.05, 0) is 86.7 Å². The van der Waals surface area contributed by atoms with E-state index in [1.807, 2.05) is 101 Å². The number of benzene rings is 4. The number of rotatable bonds is 14. The van der Waals surface area contributed by atoms with Crippen LogP contribution in [0, 0.1) is 20.8 Å². The van der Waals surface area contributed by atoms with Gasteiger partial charge in [-0.2, -0.15) is 0 Å². The van der Waals surface area contributed by atoms with Crippen LogP contribution in [-0.4, -0.2) is 50.9 Å². The summed E-state index contributed by atoms with van der Waals surface area (Å²) in [5.74, 6) is -0.207. The molecule has 248 valence electrons. The molecule has 0 aliphatic heterocycles. The number of hydrogen-bond donors (Lipinski definition) is 1. The summed E-state index contributed by atoms with van der Waals surface area (Å²) in [6, 6.07) is 27.9. The Balaban J connectivity index is 1.85. The van der Waals surface area contributed by atoms with E-state index in [4.69, 9.17) is 4.74 Å². The lowest BCUT2D eigenvalue weighted by atomic mass is 10.0. The summed E-state index contributed by atoms with van der Waals surface area (Å²) in [6.45, 7) is 9.04. The molecule has 2 atom stereocenters. The van der Waals surface area contributed by atoms with E-state index in [9.17, 15) is 18.0 Å². The fraction of sp³-hybridized carbons (Fsp3) is 0.316. The van der Waals surface area contributed by atoms with Crippen LogP contribution in [0.5, 0.6) is 5.75 Å². The van der Waals surface area contributed by atoms with Crippen LogP contribution in [0.1, 0.15) is 48.1 Å². The number of nitrogens with one attached hydrogen (secondary N) is 1. The molecule has 8 nitrogen and oxygen atoms in total. The fourth-order valence-electron chi connectivity index (χ4n) is 5.30. The van der Waals surface area contributed by atoms with Gasteiger partial charge >= 0.3 is 0 Å². The summed E-state index contributed by atoms with van der Waals surface area (Å²) in [6.07, 6.45) is 0.954. The smallest absolute Gasteiger partial charge is 0.264 e. The van der Waals surface area contributed by atoms with E-state index in [2.05, 4.69) is 5.32 Å². The molecule has 0 aliphatic carbocycles. The summed E-state index contributed by atoms with van der Waals surface area (Å²) < 4.78 is 35.3. The minimum atomic E-state index is -4.18. The predicted octanol–water partition coefficient (Wildman–Crippen LogP) is 6.37. The van der Waals surface area contributed by atoms with E-state index in [0.29, 0.717) is 23.4 Å². The Morgan fingerprint density at radius 2 is 1.49 bits per heavy atom. The van der Waals surface area contributed by atoms with Crippen LogP contribution in [0.15, 0.2) is 102 Å². The number of nitrogens with zero attached hydrogens (tertiary/aromatic N) is 2. The molecular formula is C38H45N3O5S. The summed E-state index contributed by atoms with van der Waals surface area (Å²) >= 11 is 0. The summed E-state index contributed by atoms with van der Waals surface area (Å²) in [5.41, 5.74) is 4.49. The van der Waals surface area contributed by atoms with Crippen LogP contribution in [0.4, 0.5) is 5.69 Å². The molecule has 4 rings (SSSR count). The second-order valence-corrected chi connectivity index (χ2v) is 13.9. The number of anilines is 1. The average Bonchev–Trinajstić information content (AvgIpc) is 3.06. The summed E-state index contributed by atoms with van der Waals surface area (Å²) in [4.78, 5) is 30.3. The second-order valence-electron chi connectivity index (χ2n) is 12.0. The molecular weight excluding hydrogens is 611 g/mol. The zero-order valence-corrected chi connectivity index (χ0v) is 28.9. The van der Waals surface area contributed by atoms with Gasteiger partial charge in [-0.25, -0.2) is 8.42 Å². The first kappa shape index (κ1) is 35.2. The van der Waals surface area contributed by atoms with Gasteiger partial charge in [-0.3, -0.25) is 13.9 Å². The molecule has 0 saturated carbocycles. The Kier molecular flexibility index (Phi) is 11.8. The summed E-state index contributed by atoms with van der Waals surface area (Å²) in [5, 5.41) is 3.07. The van der Waals surface area contributed by atoms with Gasteiger partial charge in [0.2, 0.25) is 11.8 Å². The van der Waals surface area contributed by atoms with Crippen LogP contribution in [-0.2, 0) is 32.6 Å². The molecule has 0 radical (unpaired) electrons. The average molecular weight is 656 g/mol. The van der Waals surface area contributed by atoms with Gasteiger partial charge < -0.3 is 15.0 Å². The van der Waals surface area contributed by atoms with Crippen molar-refractivity contribution >= 4 is 27.5 Å². The van der Waals surface area contributed by atoms with Crippen LogP contribution >= 0.6 is 0 Å². The highest BCUT2D eigenvalue weighted by Crippen LogP contribution is 2.29. The van der Waals surface area contributed by atoms with Gasteiger partial charge in [0.1, 0.15) is 18.3 Å². The Labute approximate surface area is 279 Å². The third-order valence-corrected chi connectivity index (χ3v) is 10.1. The highest BCUT2D eigenvalue weighted by Gasteiger charge is 2.35. The molecule has 0 saturated heterocycles.